The molecule has 118 valence electrons. The molecular weight excluding hydrogens is 294 g/mol. The van der Waals surface area contributed by atoms with E-state index in [0.29, 0.717) is 0 Å². The molecule has 0 aliphatic heterocycles. The molecule has 0 radical (unpaired) electrons. The minimum Gasteiger partial charge on any atom is -0.478 e. The lowest BCUT2D eigenvalue weighted by atomic mass is 10.0. The number of carbonyl (C=O) groups is 3. The third-order valence-corrected chi connectivity index (χ3v) is 3.50. The van der Waals surface area contributed by atoms with Crippen LogP contribution >= 0.6 is 0 Å². The van der Waals surface area contributed by atoms with Gasteiger partial charge < -0.3 is 10.4 Å². The molecule has 0 saturated carbocycles. The zero-order valence-electron chi connectivity index (χ0n) is 12.9. The van der Waals surface area contributed by atoms with Crippen LogP contribution in [0.3, 0.4) is 0 Å². The Balaban J connectivity index is 2.28. The van der Waals surface area contributed by atoms with Gasteiger partial charge in [-0.25, -0.2) is 4.79 Å². The van der Waals surface area contributed by atoms with Gasteiger partial charge in [0.15, 0.2) is 5.78 Å². The van der Waals surface area contributed by atoms with Crippen LogP contribution < -0.4 is 5.32 Å². The molecule has 1 amide bonds. The zero-order chi connectivity index (χ0) is 17.0. The summed E-state index contributed by atoms with van der Waals surface area (Å²) < 4.78 is 0. The van der Waals surface area contributed by atoms with E-state index in [1.54, 1.807) is 0 Å². The monoisotopic (exact) mass is 311 g/mol. The number of Topliss-reactive ketones (excluding diaryl/α,β-unsaturated/α-hetero) is 1. The first kappa shape index (κ1) is 16.4. The highest BCUT2D eigenvalue weighted by Crippen LogP contribution is 2.15. The second-order valence-electron chi connectivity index (χ2n) is 5.27. The molecule has 0 aromatic heterocycles. The third kappa shape index (κ3) is 4.03. The van der Waals surface area contributed by atoms with Gasteiger partial charge in [-0.1, -0.05) is 30.3 Å². The zero-order valence-corrected chi connectivity index (χ0v) is 12.9. The SMILES string of the molecule is CC(=O)c1cc(C(=O)O)cc(C(=O)NC(C)c2ccccc2)c1. The molecule has 0 saturated heterocycles. The van der Waals surface area contributed by atoms with Crippen LogP contribution in [0, 0.1) is 0 Å². The topological polar surface area (TPSA) is 83.5 Å². The summed E-state index contributed by atoms with van der Waals surface area (Å²) in [5.41, 5.74) is 1.19. The van der Waals surface area contributed by atoms with Crippen LogP contribution in [0.25, 0.3) is 0 Å². The van der Waals surface area contributed by atoms with Crippen LogP contribution in [0.1, 0.15) is 56.5 Å². The second-order valence-corrected chi connectivity index (χ2v) is 5.27. The molecule has 5 nitrogen and oxygen atoms in total. The summed E-state index contributed by atoms with van der Waals surface area (Å²) in [5, 5.41) is 11.9. The number of aromatic carboxylic acids is 1. The van der Waals surface area contributed by atoms with Crippen LogP contribution in [-0.4, -0.2) is 22.8 Å². The van der Waals surface area contributed by atoms with Gasteiger partial charge in [0.05, 0.1) is 11.6 Å². The largest absolute Gasteiger partial charge is 0.478 e. The Kier molecular flexibility index (Phi) is 4.91. The van der Waals surface area contributed by atoms with Crippen molar-refractivity contribution >= 4 is 17.7 Å². The molecule has 2 N–H and O–H groups in total. The minimum absolute atomic E-state index is 0.0878. The van der Waals surface area contributed by atoms with E-state index in [0.717, 1.165) is 5.56 Å². The number of benzene rings is 2. The number of amides is 1. The lowest BCUT2D eigenvalue weighted by Crippen LogP contribution is -2.27. The van der Waals surface area contributed by atoms with Crippen molar-refractivity contribution in [2.75, 3.05) is 0 Å². The van der Waals surface area contributed by atoms with Gasteiger partial charge in [0.25, 0.3) is 5.91 Å². The van der Waals surface area contributed by atoms with Gasteiger partial charge >= 0.3 is 5.97 Å². The molecule has 0 fully saturated rings. The van der Waals surface area contributed by atoms with E-state index in [1.165, 1.54) is 25.1 Å². The van der Waals surface area contributed by atoms with Gasteiger partial charge in [0.2, 0.25) is 0 Å². The maximum absolute atomic E-state index is 12.4. The number of hydrogen-bond donors (Lipinski definition) is 2. The highest BCUT2D eigenvalue weighted by molar-refractivity contribution is 6.03. The van der Waals surface area contributed by atoms with E-state index in [1.807, 2.05) is 37.3 Å². The summed E-state index contributed by atoms with van der Waals surface area (Å²) in [5.74, 6) is -1.90. The van der Waals surface area contributed by atoms with Crippen molar-refractivity contribution in [1.29, 1.82) is 0 Å². The number of carbonyl (C=O) groups excluding carboxylic acids is 2. The number of ketones is 1. The summed E-state index contributed by atoms with van der Waals surface area (Å²) in [6.45, 7) is 3.16. The predicted octanol–water partition coefficient (Wildman–Crippen LogP) is 3.08. The maximum Gasteiger partial charge on any atom is 0.335 e. The van der Waals surface area contributed by atoms with Crippen molar-refractivity contribution < 1.29 is 19.5 Å². The summed E-state index contributed by atoms with van der Waals surface area (Å²) in [7, 11) is 0. The number of hydrogen-bond acceptors (Lipinski definition) is 3. The highest BCUT2D eigenvalue weighted by atomic mass is 16.4. The van der Waals surface area contributed by atoms with E-state index in [9.17, 15) is 14.4 Å². The van der Waals surface area contributed by atoms with Crippen LogP contribution in [0.2, 0.25) is 0 Å². The average Bonchev–Trinajstić information content (AvgIpc) is 2.55. The van der Waals surface area contributed by atoms with Crippen molar-refractivity contribution in [2.24, 2.45) is 0 Å². The van der Waals surface area contributed by atoms with Crippen LogP contribution in [-0.2, 0) is 0 Å². The summed E-state index contributed by atoms with van der Waals surface area (Å²) in [6, 6.07) is 13.1. The fourth-order valence-corrected chi connectivity index (χ4v) is 2.19. The molecule has 0 aliphatic rings. The average molecular weight is 311 g/mol. The van der Waals surface area contributed by atoms with Crippen molar-refractivity contribution in [3.8, 4) is 0 Å². The number of rotatable bonds is 5. The van der Waals surface area contributed by atoms with Gasteiger partial charge in [0, 0.05) is 11.1 Å². The molecule has 2 rings (SSSR count). The van der Waals surface area contributed by atoms with Crippen LogP contribution in [0.4, 0.5) is 0 Å². The van der Waals surface area contributed by atoms with Crippen LogP contribution in [0.5, 0.6) is 0 Å². The van der Waals surface area contributed by atoms with Gasteiger partial charge in [0.1, 0.15) is 0 Å². The van der Waals surface area contributed by atoms with Crippen LogP contribution in [0.15, 0.2) is 48.5 Å². The third-order valence-electron chi connectivity index (χ3n) is 3.50. The van der Waals surface area contributed by atoms with Gasteiger partial charge in [-0.2, -0.15) is 0 Å². The summed E-state index contributed by atoms with van der Waals surface area (Å²) in [6.07, 6.45) is 0. The number of carboxylic acid groups (broad SMARTS) is 1. The molecule has 1 atom stereocenters. The lowest BCUT2D eigenvalue weighted by molar-refractivity contribution is 0.0697. The number of carboxylic acids is 1. The van der Waals surface area contributed by atoms with Crippen molar-refractivity contribution in [1.82, 2.24) is 5.32 Å². The summed E-state index contributed by atoms with van der Waals surface area (Å²) in [4.78, 5) is 35.0. The quantitative estimate of drug-likeness (QED) is 0.831. The van der Waals surface area contributed by atoms with E-state index in [2.05, 4.69) is 5.32 Å². The molecule has 0 heterocycles. The Labute approximate surface area is 134 Å². The summed E-state index contributed by atoms with van der Waals surface area (Å²) >= 11 is 0. The van der Waals surface area contributed by atoms with Crippen molar-refractivity contribution in [2.45, 2.75) is 19.9 Å². The van der Waals surface area contributed by atoms with Gasteiger partial charge in [-0.15, -0.1) is 0 Å². The minimum atomic E-state index is -1.18. The Morgan fingerprint density at radius 1 is 0.957 bits per heavy atom. The van der Waals surface area contributed by atoms with Crippen molar-refractivity contribution in [3.05, 3.63) is 70.8 Å². The molecule has 5 heteroatoms. The first-order valence-electron chi connectivity index (χ1n) is 7.13. The lowest BCUT2D eigenvalue weighted by Gasteiger charge is -2.15. The maximum atomic E-state index is 12.4. The Hall–Kier alpha value is -2.95. The van der Waals surface area contributed by atoms with E-state index in [4.69, 9.17) is 5.11 Å². The first-order valence-corrected chi connectivity index (χ1v) is 7.13. The number of nitrogens with one attached hydrogen (secondary N) is 1. The van der Waals surface area contributed by atoms with E-state index in [-0.39, 0.29) is 28.5 Å². The van der Waals surface area contributed by atoms with E-state index >= 15 is 0 Å². The first-order chi connectivity index (χ1) is 10.9. The van der Waals surface area contributed by atoms with Crippen molar-refractivity contribution in [3.63, 3.8) is 0 Å². The molecule has 2 aromatic carbocycles. The predicted molar refractivity (Wildman–Crippen MR) is 85.7 cm³/mol. The van der Waals surface area contributed by atoms with E-state index < -0.39 is 11.9 Å². The Bertz CT molecular complexity index is 721. The normalized spacial score (nSPS) is 11.6. The molecule has 0 bridgehead atoms. The molecule has 0 aliphatic carbocycles. The Morgan fingerprint density at radius 2 is 1.52 bits per heavy atom. The van der Waals surface area contributed by atoms with Gasteiger partial charge in [-0.3, -0.25) is 9.59 Å². The fourth-order valence-electron chi connectivity index (χ4n) is 2.19. The molecule has 2 aromatic rings. The van der Waals surface area contributed by atoms with Gasteiger partial charge in [-0.05, 0) is 37.6 Å². The second kappa shape index (κ2) is 6.87. The standard InChI is InChI=1S/C18H17NO4/c1-11(13-6-4-3-5-7-13)19-17(21)15-8-14(12(2)20)9-16(10-15)18(22)23/h3-11H,1-2H3,(H,19,21)(H,22,23). The molecular formula is C18H17NO4. The Morgan fingerprint density at radius 3 is 2.09 bits per heavy atom. The smallest absolute Gasteiger partial charge is 0.335 e. The molecule has 0 spiro atoms. The fraction of sp³-hybridized carbons (Fsp3) is 0.167. The molecule has 23 heavy (non-hydrogen) atoms. The molecule has 1 unspecified atom stereocenters. The highest BCUT2D eigenvalue weighted by Gasteiger charge is 2.16.